The van der Waals surface area contributed by atoms with Gasteiger partial charge < -0.3 is 13.8 Å². The number of ether oxygens (including phenoxy) is 1. The summed E-state index contributed by atoms with van der Waals surface area (Å²) >= 11 is 9.13. The molecule has 1 fully saturated rings. The van der Waals surface area contributed by atoms with E-state index in [1.807, 2.05) is 13.8 Å². The van der Waals surface area contributed by atoms with Crippen LogP contribution in [0, 0.1) is 6.92 Å². The maximum absolute atomic E-state index is 12.8. The Bertz CT molecular complexity index is 984. The number of thiocarbonyl (C=S) groups is 1. The zero-order chi connectivity index (χ0) is 21.0. The molecule has 0 aromatic heterocycles. The highest BCUT2D eigenvalue weighted by molar-refractivity contribution is 9.10. The first kappa shape index (κ1) is 22.1. The van der Waals surface area contributed by atoms with Gasteiger partial charge in [0.15, 0.2) is 11.5 Å². The predicted octanol–water partition coefficient (Wildman–Crippen LogP) is 5.09. The van der Waals surface area contributed by atoms with E-state index >= 15 is 0 Å². The van der Waals surface area contributed by atoms with Crippen LogP contribution in [0.25, 0.3) is 0 Å². The van der Waals surface area contributed by atoms with E-state index < -0.39 is 10.1 Å². The van der Waals surface area contributed by atoms with E-state index in [4.69, 9.17) is 21.1 Å². The summed E-state index contributed by atoms with van der Waals surface area (Å²) in [6, 6.07) is 10.1. The van der Waals surface area contributed by atoms with E-state index in [-0.39, 0.29) is 10.6 Å². The molecule has 1 aliphatic heterocycles. The van der Waals surface area contributed by atoms with Gasteiger partial charge in [-0.1, -0.05) is 29.9 Å². The number of nitrogens with zero attached hydrogens (tertiary/aromatic N) is 1. The Labute approximate surface area is 186 Å². The molecule has 29 heavy (non-hydrogen) atoms. The van der Waals surface area contributed by atoms with E-state index in [0.29, 0.717) is 16.8 Å². The molecule has 0 radical (unpaired) electrons. The van der Waals surface area contributed by atoms with Crippen LogP contribution < -0.4 is 8.92 Å². The van der Waals surface area contributed by atoms with Crippen LogP contribution in [0.5, 0.6) is 11.5 Å². The van der Waals surface area contributed by atoms with Crippen molar-refractivity contribution in [1.29, 1.82) is 0 Å². The first-order chi connectivity index (χ1) is 13.8. The number of piperidine rings is 1. The lowest BCUT2D eigenvalue weighted by molar-refractivity contribution is 0.326. The summed E-state index contributed by atoms with van der Waals surface area (Å²) < 4.78 is 37.2. The lowest BCUT2D eigenvalue weighted by Crippen LogP contribution is -2.34. The Morgan fingerprint density at radius 2 is 1.79 bits per heavy atom. The Kier molecular flexibility index (Phi) is 7.19. The van der Waals surface area contributed by atoms with Gasteiger partial charge >= 0.3 is 10.1 Å². The average Bonchev–Trinajstić information content (AvgIpc) is 2.71. The molecule has 1 aliphatic rings. The Morgan fingerprint density at radius 1 is 1.14 bits per heavy atom. The minimum absolute atomic E-state index is 0.0883. The first-order valence-electron chi connectivity index (χ1n) is 9.58. The lowest BCUT2D eigenvalue weighted by Gasteiger charge is -2.29. The molecule has 0 unspecified atom stereocenters. The van der Waals surface area contributed by atoms with Gasteiger partial charge in [-0.05, 0) is 73.3 Å². The van der Waals surface area contributed by atoms with Crippen molar-refractivity contribution < 1.29 is 17.3 Å². The van der Waals surface area contributed by atoms with E-state index in [1.165, 1.54) is 18.6 Å². The number of aryl methyl sites for hydroxylation is 1. The molecule has 1 heterocycles. The van der Waals surface area contributed by atoms with Crippen molar-refractivity contribution in [3.8, 4) is 11.5 Å². The second-order valence-electron chi connectivity index (χ2n) is 6.92. The molecule has 156 valence electrons. The standard InChI is InChI=1S/C21H24BrNO4S2/c1-3-26-19-14-16(21(28)23-11-5-4-6-12-23)13-18(22)20(19)27-29(24,25)17-9-7-15(2)8-10-17/h7-10,13-14H,3-6,11-12H2,1-2H3. The first-order valence-corrected chi connectivity index (χ1v) is 12.2. The fourth-order valence-corrected chi connectivity index (χ4v) is 5.07. The van der Waals surface area contributed by atoms with Crippen LogP contribution in [-0.4, -0.2) is 38.0 Å². The number of benzene rings is 2. The summed E-state index contributed by atoms with van der Waals surface area (Å²) in [6.07, 6.45) is 3.46. The second kappa shape index (κ2) is 9.45. The number of hydrogen-bond donors (Lipinski definition) is 0. The third-order valence-corrected chi connectivity index (χ3v) is 7.02. The number of likely N-dealkylation sites (tertiary alicyclic amines) is 1. The van der Waals surface area contributed by atoms with Gasteiger partial charge in [0, 0.05) is 18.7 Å². The zero-order valence-corrected chi connectivity index (χ0v) is 19.7. The highest BCUT2D eigenvalue weighted by atomic mass is 79.9. The lowest BCUT2D eigenvalue weighted by atomic mass is 10.1. The molecule has 0 N–H and O–H groups in total. The minimum Gasteiger partial charge on any atom is -0.490 e. The molecule has 8 heteroatoms. The predicted molar refractivity (Wildman–Crippen MR) is 121 cm³/mol. The molecule has 1 saturated heterocycles. The summed E-state index contributed by atoms with van der Waals surface area (Å²) in [4.78, 5) is 3.00. The largest absolute Gasteiger partial charge is 0.490 e. The van der Waals surface area contributed by atoms with E-state index in [1.54, 1.807) is 24.3 Å². The summed E-state index contributed by atoms with van der Waals surface area (Å²) in [5, 5.41) is 0. The molecule has 0 spiro atoms. The van der Waals surface area contributed by atoms with Crippen molar-refractivity contribution in [2.75, 3.05) is 19.7 Å². The fraction of sp³-hybridized carbons (Fsp3) is 0.381. The van der Waals surface area contributed by atoms with Crippen molar-refractivity contribution in [3.05, 3.63) is 52.0 Å². The van der Waals surface area contributed by atoms with Gasteiger partial charge in [0.05, 0.1) is 11.1 Å². The molecular weight excluding hydrogens is 474 g/mol. The zero-order valence-electron chi connectivity index (χ0n) is 16.5. The van der Waals surface area contributed by atoms with Crippen molar-refractivity contribution >= 4 is 43.3 Å². The monoisotopic (exact) mass is 497 g/mol. The molecule has 0 saturated carbocycles. The van der Waals surface area contributed by atoms with Crippen molar-refractivity contribution in [2.45, 2.75) is 38.0 Å². The van der Waals surface area contributed by atoms with Gasteiger partial charge in [-0.3, -0.25) is 0 Å². The molecule has 2 aromatic carbocycles. The molecule has 0 amide bonds. The highest BCUT2D eigenvalue weighted by Gasteiger charge is 2.24. The Balaban J connectivity index is 1.94. The minimum atomic E-state index is -4.00. The maximum atomic E-state index is 12.8. The van der Waals surface area contributed by atoms with Crippen LogP contribution in [0.15, 0.2) is 45.8 Å². The second-order valence-corrected chi connectivity index (χ2v) is 9.71. The van der Waals surface area contributed by atoms with Crippen molar-refractivity contribution in [2.24, 2.45) is 0 Å². The average molecular weight is 498 g/mol. The Morgan fingerprint density at radius 3 is 2.41 bits per heavy atom. The fourth-order valence-electron chi connectivity index (χ4n) is 3.18. The van der Waals surface area contributed by atoms with Gasteiger partial charge in [0.1, 0.15) is 9.88 Å². The van der Waals surface area contributed by atoms with E-state index in [9.17, 15) is 8.42 Å². The normalized spacial score (nSPS) is 14.5. The SMILES string of the molecule is CCOc1cc(C(=S)N2CCCCC2)cc(Br)c1OS(=O)(=O)c1ccc(C)cc1. The summed E-state index contributed by atoms with van der Waals surface area (Å²) in [5.74, 6) is 0.463. The van der Waals surface area contributed by atoms with Gasteiger partial charge in [-0.25, -0.2) is 0 Å². The molecule has 0 aliphatic carbocycles. The topological polar surface area (TPSA) is 55.8 Å². The molecule has 2 aromatic rings. The van der Waals surface area contributed by atoms with Crippen LogP contribution in [0.1, 0.15) is 37.3 Å². The third-order valence-electron chi connectivity index (χ3n) is 4.70. The van der Waals surface area contributed by atoms with Crippen LogP contribution in [-0.2, 0) is 10.1 Å². The molecule has 5 nitrogen and oxygen atoms in total. The maximum Gasteiger partial charge on any atom is 0.339 e. The molecule has 3 rings (SSSR count). The molecule has 0 bridgehead atoms. The summed E-state index contributed by atoms with van der Waals surface area (Å²) in [7, 11) is -4.00. The van der Waals surface area contributed by atoms with Crippen LogP contribution in [0.2, 0.25) is 0 Å². The van der Waals surface area contributed by atoms with Gasteiger partial charge in [-0.2, -0.15) is 8.42 Å². The molecular formula is C21H24BrNO4S2. The van der Waals surface area contributed by atoms with Gasteiger partial charge in [-0.15, -0.1) is 0 Å². The van der Waals surface area contributed by atoms with E-state index in [2.05, 4.69) is 20.8 Å². The summed E-state index contributed by atoms with van der Waals surface area (Å²) in [5.41, 5.74) is 1.77. The van der Waals surface area contributed by atoms with Gasteiger partial charge in [0.25, 0.3) is 0 Å². The van der Waals surface area contributed by atoms with E-state index in [0.717, 1.165) is 42.0 Å². The third kappa shape index (κ3) is 5.29. The van der Waals surface area contributed by atoms with Gasteiger partial charge in [0.2, 0.25) is 0 Å². The summed E-state index contributed by atoms with van der Waals surface area (Å²) in [6.45, 7) is 5.96. The Hall–Kier alpha value is -1.64. The number of rotatable bonds is 6. The highest BCUT2D eigenvalue weighted by Crippen LogP contribution is 2.39. The van der Waals surface area contributed by atoms with Crippen LogP contribution in [0.4, 0.5) is 0 Å². The molecule has 0 atom stereocenters. The number of halogens is 1. The smallest absolute Gasteiger partial charge is 0.339 e. The number of hydrogen-bond acceptors (Lipinski definition) is 5. The quantitative estimate of drug-likeness (QED) is 0.409. The van der Waals surface area contributed by atoms with Crippen molar-refractivity contribution in [3.63, 3.8) is 0 Å². The van der Waals surface area contributed by atoms with Crippen LogP contribution >= 0.6 is 28.1 Å². The van der Waals surface area contributed by atoms with Crippen molar-refractivity contribution in [1.82, 2.24) is 4.90 Å². The van der Waals surface area contributed by atoms with Crippen LogP contribution in [0.3, 0.4) is 0 Å².